The maximum Gasteiger partial charge on any atom is 0.279 e. The van der Waals surface area contributed by atoms with Crippen molar-refractivity contribution in [1.29, 1.82) is 0 Å². The van der Waals surface area contributed by atoms with Crippen LogP contribution in [0, 0.1) is 13.8 Å². The lowest BCUT2D eigenvalue weighted by atomic mass is 10.1. The lowest BCUT2D eigenvalue weighted by Gasteiger charge is -2.13. The van der Waals surface area contributed by atoms with Gasteiger partial charge in [0.2, 0.25) is 0 Å². The van der Waals surface area contributed by atoms with Gasteiger partial charge in [-0.25, -0.2) is 0 Å². The highest BCUT2D eigenvalue weighted by molar-refractivity contribution is 6.54. The first kappa shape index (κ1) is 15.9. The van der Waals surface area contributed by atoms with Gasteiger partial charge < -0.3 is 4.90 Å². The van der Waals surface area contributed by atoms with Crippen molar-refractivity contribution < 1.29 is 4.79 Å². The molecule has 6 heteroatoms. The Hall–Kier alpha value is -3.02. The number of carbonyl (C=O) groups is 1. The minimum Gasteiger partial charge on any atom is -0.302 e. The molecule has 0 saturated carbocycles. The number of benzene rings is 1. The highest BCUT2D eigenvalue weighted by Gasteiger charge is 2.32. The maximum atomic E-state index is 12.6. The van der Waals surface area contributed by atoms with E-state index in [-0.39, 0.29) is 5.91 Å². The molecule has 1 aliphatic heterocycles. The van der Waals surface area contributed by atoms with Gasteiger partial charge in [0, 0.05) is 30.4 Å². The van der Waals surface area contributed by atoms with Gasteiger partial charge in [-0.15, -0.1) is 11.7 Å². The average molecular weight is 321 g/mol. The van der Waals surface area contributed by atoms with E-state index in [0.717, 1.165) is 28.2 Å². The van der Waals surface area contributed by atoms with Gasteiger partial charge in [-0.3, -0.25) is 9.48 Å². The zero-order valence-corrected chi connectivity index (χ0v) is 14.0. The summed E-state index contributed by atoms with van der Waals surface area (Å²) in [6.07, 6.45) is 3.35. The first-order valence-corrected chi connectivity index (χ1v) is 7.68. The zero-order valence-electron chi connectivity index (χ0n) is 14.0. The number of hydrogen-bond donors (Lipinski definition) is 0. The van der Waals surface area contributed by atoms with Crippen molar-refractivity contribution in [1.82, 2.24) is 9.78 Å². The molecule has 1 aromatic heterocycles. The van der Waals surface area contributed by atoms with Gasteiger partial charge >= 0.3 is 0 Å². The molecule has 24 heavy (non-hydrogen) atoms. The second-order valence-corrected chi connectivity index (χ2v) is 5.62. The van der Waals surface area contributed by atoms with Crippen molar-refractivity contribution in [2.24, 2.45) is 17.3 Å². The summed E-state index contributed by atoms with van der Waals surface area (Å²) >= 11 is 0. The molecule has 0 aliphatic carbocycles. The minimum absolute atomic E-state index is 0.159. The normalized spacial score (nSPS) is 15.5. The van der Waals surface area contributed by atoms with Gasteiger partial charge in [0.1, 0.15) is 0 Å². The molecule has 122 valence electrons. The molecule has 0 atom stereocenters. The average Bonchev–Trinajstić information content (AvgIpc) is 2.97. The van der Waals surface area contributed by atoms with E-state index >= 15 is 0 Å². The van der Waals surface area contributed by atoms with Crippen LogP contribution in [0.15, 0.2) is 47.1 Å². The lowest BCUT2D eigenvalue weighted by Crippen LogP contribution is -2.30. The van der Waals surface area contributed by atoms with E-state index in [1.165, 1.54) is 0 Å². The summed E-state index contributed by atoms with van der Waals surface area (Å²) in [6, 6.07) is 7.57. The molecular formula is C18H19N5O. The van der Waals surface area contributed by atoms with Crippen molar-refractivity contribution in [2.75, 3.05) is 11.4 Å². The number of nitrogens with zero attached hydrogens (tertiary/aromatic N) is 5. The summed E-state index contributed by atoms with van der Waals surface area (Å²) < 4.78 is 1.80. The molecule has 2 aromatic rings. The van der Waals surface area contributed by atoms with Crippen molar-refractivity contribution >= 4 is 23.5 Å². The van der Waals surface area contributed by atoms with E-state index in [4.69, 9.17) is 0 Å². The van der Waals surface area contributed by atoms with Gasteiger partial charge in [0.25, 0.3) is 5.91 Å². The van der Waals surface area contributed by atoms with Gasteiger partial charge in [-0.2, -0.15) is 10.2 Å². The fourth-order valence-electron chi connectivity index (χ4n) is 2.79. The number of aryl methyl sites for hydroxylation is 2. The summed E-state index contributed by atoms with van der Waals surface area (Å²) in [4.78, 5) is 14.2. The molecule has 3 rings (SSSR count). The molecule has 0 N–H and O–H groups in total. The summed E-state index contributed by atoms with van der Waals surface area (Å²) in [5, 5.41) is 12.7. The van der Waals surface area contributed by atoms with Gasteiger partial charge in [0.15, 0.2) is 5.71 Å². The Morgan fingerprint density at radius 2 is 2.04 bits per heavy atom. The van der Waals surface area contributed by atoms with E-state index < -0.39 is 0 Å². The molecule has 0 spiro atoms. The van der Waals surface area contributed by atoms with Crippen LogP contribution in [0.3, 0.4) is 0 Å². The third-order valence-corrected chi connectivity index (χ3v) is 4.12. The Labute approximate surface area is 140 Å². The van der Waals surface area contributed by atoms with Crippen molar-refractivity contribution in [3.8, 4) is 0 Å². The first-order valence-electron chi connectivity index (χ1n) is 7.68. The summed E-state index contributed by atoms with van der Waals surface area (Å²) in [6.45, 7) is 8.04. The third kappa shape index (κ3) is 2.56. The first-order chi connectivity index (χ1) is 11.5. The Balaban J connectivity index is 1.97. The Morgan fingerprint density at radius 3 is 2.71 bits per heavy atom. The topological polar surface area (TPSA) is 62.9 Å². The smallest absolute Gasteiger partial charge is 0.279 e. The fraction of sp³-hybridized carbons (Fsp3) is 0.222. The predicted molar refractivity (Wildman–Crippen MR) is 95.8 cm³/mol. The highest BCUT2D eigenvalue weighted by atomic mass is 16.2. The van der Waals surface area contributed by atoms with E-state index in [0.29, 0.717) is 12.3 Å². The van der Waals surface area contributed by atoms with E-state index in [9.17, 15) is 4.79 Å². The molecule has 0 saturated heterocycles. The quantitative estimate of drug-likeness (QED) is 0.493. The second-order valence-electron chi connectivity index (χ2n) is 5.62. The number of para-hydroxylation sites is 1. The number of aromatic nitrogens is 2. The molecule has 1 aromatic carbocycles. The van der Waals surface area contributed by atoms with Crippen LogP contribution in [0.5, 0.6) is 0 Å². The number of fused-ring (bicyclic) bond motifs is 1. The van der Waals surface area contributed by atoms with Crippen LogP contribution >= 0.6 is 0 Å². The van der Waals surface area contributed by atoms with Crippen LogP contribution in [0.1, 0.15) is 22.5 Å². The zero-order chi connectivity index (χ0) is 17.3. The summed E-state index contributed by atoms with van der Waals surface area (Å²) in [5.41, 5.74) is 4.78. The number of hydrogen-bond acceptors (Lipinski definition) is 4. The van der Waals surface area contributed by atoms with Crippen LogP contribution in [-0.2, 0) is 11.8 Å². The van der Waals surface area contributed by atoms with Crippen LogP contribution in [0.25, 0.3) is 0 Å². The van der Waals surface area contributed by atoms with Gasteiger partial charge in [-0.05, 0) is 19.9 Å². The number of anilines is 1. The molecule has 2 heterocycles. The third-order valence-electron chi connectivity index (χ3n) is 4.12. The SMILES string of the molecule is C=CCN1C(=O)/C(=N/N=C\c2c(C)nn(C)c2C)c2ccccc21. The monoisotopic (exact) mass is 321 g/mol. The van der Waals surface area contributed by atoms with Crippen LogP contribution < -0.4 is 4.90 Å². The molecular weight excluding hydrogens is 302 g/mol. The number of amides is 1. The van der Waals surface area contributed by atoms with Gasteiger partial charge in [-0.1, -0.05) is 24.3 Å². The molecule has 0 radical (unpaired) electrons. The number of carbonyl (C=O) groups excluding carboxylic acids is 1. The summed E-state index contributed by atoms with van der Waals surface area (Å²) in [7, 11) is 1.88. The van der Waals surface area contributed by atoms with E-state index in [1.807, 2.05) is 45.2 Å². The van der Waals surface area contributed by atoms with Crippen molar-refractivity contribution in [2.45, 2.75) is 13.8 Å². The molecule has 1 amide bonds. The molecule has 6 nitrogen and oxygen atoms in total. The highest BCUT2D eigenvalue weighted by Crippen LogP contribution is 2.29. The predicted octanol–water partition coefficient (Wildman–Crippen LogP) is 2.39. The van der Waals surface area contributed by atoms with Crippen LogP contribution in [0.4, 0.5) is 5.69 Å². The summed E-state index contributed by atoms with van der Waals surface area (Å²) in [5.74, 6) is -0.159. The second kappa shape index (κ2) is 6.23. The standard InChI is InChI=1S/C18H19N5O/c1-5-10-23-16-9-7-6-8-14(16)17(18(23)24)20-19-11-15-12(2)21-22(4)13(15)3/h5-9,11H,1,10H2,2-4H3/b19-11-,20-17+. The largest absolute Gasteiger partial charge is 0.302 e. The Morgan fingerprint density at radius 1 is 1.29 bits per heavy atom. The van der Waals surface area contributed by atoms with E-state index in [2.05, 4.69) is 21.9 Å². The molecule has 0 unspecified atom stereocenters. The van der Waals surface area contributed by atoms with Crippen molar-refractivity contribution in [3.63, 3.8) is 0 Å². The Kier molecular flexibility index (Phi) is 4.12. The minimum atomic E-state index is -0.159. The molecule has 0 fully saturated rings. The maximum absolute atomic E-state index is 12.6. The van der Waals surface area contributed by atoms with Crippen molar-refractivity contribution in [3.05, 3.63) is 59.4 Å². The Bertz CT molecular complexity index is 876. The molecule has 0 bridgehead atoms. The van der Waals surface area contributed by atoms with Crippen LogP contribution in [0.2, 0.25) is 0 Å². The number of rotatable bonds is 4. The molecule has 1 aliphatic rings. The van der Waals surface area contributed by atoms with Crippen LogP contribution in [-0.4, -0.2) is 34.2 Å². The van der Waals surface area contributed by atoms with Gasteiger partial charge in [0.05, 0.1) is 17.6 Å². The fourth-order valence-corrected chi connectivity index (χ4v) is 2.79. The van der Waals surface area contributed by atoms with E-state index in [1.54, 1.807) is 21.9 Å². The lowest BCUT2D eigenvalue weighted by molar-refractivity contribution is -0.112.